The first-order chi connectivity index (χ1) is 8.58. The van der Waals surface area contributed by atoms with Crippen LogP contribution in [0.2, 0.25) is 0 Å². The fourth-order valence-electron chi connectivity index (χ4n) is 1.70. The van der Waals surface area contributed by atoms with Gasteiger partial charge in [-0.05, 0) is 11.1 Å². The molecule has 0 radical (unpaired) electrons. The van der Waals surface area contributed by atoms with Crippen molar-refractivity contribution in [3.8, 4) is 11.1 Å². The summed E-state index contributed by atoms with van der Waals surface area (Å²) in [5.74, 6) is 0. The predicted octanol–water partition coefficient (Wildman–Crippen LogP) is 1.32. The van der Waals surface area contributed by atoms with E-state index in [1.54, 1.807) is 48.5 Å². The molecule has 0 aromatic heterocycles. The van der Waals surface area contributed by atoms with E-state index in [1.165, 1.54) is 0 Å². The Labute approximate surface area is 104 Å². The number of hydrogen-bond donors (Lipinski definition) is 4. The molecular formula is C14H14O4. The van der Waals surface area contributed by atoms with Crippen molar-refractivity contribution in [3.63, 3.8) is 0 Å². The third-order valence-corrected chi connectivity index (χ3v) is 2.75. The summed E-state index contributed by atoms with van der Waals surface area (Å²) in [4.78, 5) is 0. The lowest BCUT2D eigenvalue weighted by molar-refractivity contribution is -0.0430. The van der Waals surface area contributed by atoms with Crippen LogP contribution in [-0.2, 0) is 0 Å². The molecule has 4 nitrogen and oxygen atoms in total. The van der Waals surface area contributed by atoms with Crippen LogP contribution in [0.25, 0.3) is 11.1 Å². The van der Waals surface area contributed by atoms with Crippen molar-refractivity contribution >= 4 is 0 Å². The Bertz CT molecular complexity index is 451. The average Bonchev–Trinajstić information content (AvgIpc) is 2.39. The summed E-state index contributed by atoms with van der Waals surface area (Å²) in [5, 5.41) is 35.9. The van der Waals surface area contributed by atoms with Crippen molar-refractivity contribution in [1.29, 1.82) is 0 Å². The molecule has 0 aliphatic heterocycles. The Morgan fingerprint density at radius 1 is 0.500 bits per heavy atom. The Kier molecular flexibility index (Phi) is 3.74. The van der Waals surface area contributed by atoms with E-state index >= 15 is 0 Å². The summed E-state index contributed by atoms with van der Waals surface area (Å²) in [7, 11) is 0. The summed E-state index contributed by atoms with van der Waals surface area (Å²) >= 11 is 0. The molecule has 94 valence electrons. The Balaban J connectivity index is 2.25. The van der Waals surface area contributed by atoms with Crippen LogP contribution in [0.15, 0.2) is 48.5 Å². The highest BCUT2D eigenvalue weighted by molar-refractivity contribution is 5.64. The zero-order chi connectivity index (χ0) is 13.1. The third-order valence-electron chi connectivity index (χ3n) is 2.75. The van der Waals surface area contributed by atoms with Gasteiger partial charge in [0.25, 0.3) is 0 Å². The van der Waals surface area contributed by atoms with Crippen LogP contribution < -0.4 is 0 Å². The average molecular weight is 246 g/mol. The second-order valence-electron chi connectivity index (χ2n) is 3.99. The van der Waals surface area contributed by atoms with Crippen LogP contribution in [-0.4, -0.2) is 20.4 Å². The maximum atomic E-state index is 8.98. The third kappa shape index (κ3) is 2.75. The molecule has 18 heavy (non-hydrogen) atoms. The standard InChI is InChI=1S/C14H14O4/c15-13(16)11-5-1-9(2-6-11)10-3-7-12(8-4-10)14(17)18/h1-8,13-18H. The van der Waals surface area contributed by atoms with Crippen molar-refractivity contribution in [2.24, 2.45) is 0 Å². The summed E-state index contributed by atoms with van der Waals surface area (Å²) in [6.07, 6.45) is -2.93. The van der Waals surface area contributed by atoms with E-state index in [2.05, 4.69) is 0 Å². The molecule has 0 atom stereocenters. The molecule has 2 rings (SSSR count). The minimum absolute atomic E-state index is 0.432. The van der Waals surface area contributed by atoms with E-state index in [4.69, 9.17) is 20.4 Å². The number of rotatable bonds is 3. The molecule has 0 spiro atoms. The molecule has 0 saturated carbocycles. The van der Waals surface area contributed by atoms with Crippen LogP contribution in [0.5, 0.6) is 0 Å². The van der Waals surface area contributed by atoms with Gasteiger partial charge in [-0.3, -0.25) is 0 Å². The lowest BCUT2D eigenvalue weighted by Crippen LogP contribution is -1.95. The monoisotopic (exact) mass is 246 g/mol. The number of aliphatic hydroxyl groups is 4. The van der Waals surface area contributed by atoms with E-state index in [9.17, 15) is 0 Å². The van der Waals surface area contributed by atoms with Crippen molar-refractivity contribution in [2.75, 3.05) is 0 Å². The number of aliphatic hydroxyl groups excluding tert-OH is 2. The minimum atomic E-state index is -1.47. The van der Waals surface area contributed by atoms with Gasteiger partial charge in [-0.1, -0.05) is 48.5 Å². The topological polar surface area (TPSA) is 80.9 Å². The summed E-state index contributed by atoms with van der Waals surface area (Å²) < 4.78 is 0. The van der Waals surface area contributed by atoms with Gasteiger partial charge in [0.1, 0.15) is 0 Å². The maximum Gasteiger partial charge on any atom is 0.178 e. The van der Waals surface area contributed by atoms with Crippen molar-refractivity contribution in [1.82, 2.24) is 0 Å². The summed E-state index contributed by atoms with van der Waals surface area (Å²) in [6.45, 7) is 0. The molecule has 0 aliphatic carbocycles. The van der Waals surface area contributed by atoms with E-state index in [1.807, 2.05) is 0 Å². The highest BCUT2D eigenvalue weighted by Crippen LogP contribution is 2.23. The molecule has 0 fully saturated rings. The lowest BCUT2D eigenvalue weighted by atomic mass is 10.0. The van der Waals surface area contributed by atoms with Gasteiger partial charge in [0.05, 0.1) is 0 Å². The van der Waals surface area contributed by atoms with Crippen LogP contribution in [0, 0.1) is 0 Å². The lowest BCUT2D eigenvalue weighted by Gasteiger charge is -2.07. The van der Waals surface area contributed by atoms with Gasteiger partial charge in [-0.2, -0.15) is 0 Å². The van der Waals surface area contributed by atoms with Crippen LogP contribution in [0.4, 0.5) is 0 Å². The molecule has 4 N–H and O–H groups in total. The molecule has 2 aromatic rings. The molecule has 0 heterocycles. The van der Waals surface area contributed by atoms with E-state index < -0.39 is 12.6 Å². The quantitative estimate of drug-likeness (QED) is 0.616. The molecule has 4 heteroatoms. The minimum Gasteiger partial charge on any atom is -0.364 e. The van der Waals surface area contributed by atoms with Gasteiger partial charge < -0.3 is 20.4 Å². The van der Waals surface area contributed by atoms with Crippen molar-refractivity contribution in [3.05, 3.63) is 59.7 Å². The zero-order valence-electron chi connectivity index (χ0n) is 9.56. The largest absolute Gasteiger partial charge is 0.364 e. The smallest absolute Gasteiger partial charge is 0.178 e. The van der Waals surface area contributed by atoms with Gasteiger partial charge in [-0.25, -0.2) is 0 Å². The highest BCUT2D eigenvalue weighted by atomic mass is 16.5. The SMILES string of the molecule is OC(O)c1ccc(-c2ccc(C(O)O)cc2)cc1. The van der Waals surface area contributed by atoms with Crippen LogP contribution in [0.1, 0.15) is 23.7 Å². The number of benzene rings is 2. The van der Waals surface area contributed by atoms with Crippen LogP contribution >= 0.6 is 0 Å². The molecule has 0 amide bonds. The Hall–Kier alpha value is -1.72. The van der Waals surface area contributed by atoms with Crippen molar-refractivity contribution in [2.45, 2.75) is 12.6 Å². The fraction of sp³-hybridized carbons (Fsp3) is 0.143. The van der Waals surface area contributed by atoms with E-state index in [0.717, 1.165) is 11.1 Å². The van der Waals surface area contributed by atoms with Gasteiger partial charge in [0, 0.05) is 11.1 Å². The predicted molar refractivity (Wildman–Crippen MR) is 66.2 cm³/mol. The second kappa shape index (κ2) is 5.29. The molecule has 2 aromatic carbocycles. The van der Waals surface area contributed by atoms with E-state index in [0.29, 0.717) is 11.1 Å². The molecule has 0 aliphatic rings. The zero-order valence-corrected chi connectivity index (χ0v) is 9.56. The second-order valence-corrected chi connectivity index (χ2v) is 3.99. The van der Waals surface area contributed by atoms with Gasteiger partial charge in [0.15, 0.2) is 12.6 Å². The van der Waals surface area contributed by atoms with Gasteiger partial charge in [0.2, 0.25) is 0 Å². The molecule has 0 saturated heterocycles. The normalized spacial score (nSPS) is 11.2. The Morgan fingerprint density at radius 2 is 0.778 bits per heavy atom. The molecular weight excluding hydrogens is 232 g/mol. The van der Waals surface area contributed by atoms with Crippen molar-refractivity contribution < 1.29 is 20.4 Å². The first-order valence-electron chi connectivity index (χ1n) is 5.50. The first-order valence-corrected chi connectivity index (χ1v) is 5.50. The first kappa shape index (κ1) is 12.7. The van der Waals surface area contributed by atoms with E-state index in [-0.39, 0.29) is 0 Å². The fourth-order valence-corrected chi connectivity index (χ4v) is 1.70. The van der Waals surface area contributed by atoms with Crippen LogP contribution in [0.3, 0.4) is 0 Å². The summed E-state index contributed by atoms with van der Waals surface area (Å²) in [5.41, 5.74) is 2.69. The van der Waals surface area contributed by atoms with Gasteiger partial charge >= 0.3 is 0 Å². The summed E-state index contributed by atoms with van der Waals surface area (Å²) in [6, 6.07) is 13.6. The highest BCUT2D eigenvalue weighted by Gasteiger charge is 2.05. The molecule has 0 bridgehead atoms. The molecule has 0 unspecified atom stereocenters. The Morgan fingerprint density at radius 3 is 1.00 bits per heavy atom. The van der Waals surface area contributed by atoms with Gasteiger partial charge in [-0.15, -0.1) is 0 Å². The maximum absolute atomic E-state index is 8.98. The number of hydrogen-bond acceptors (Lipinski definition) is 4.